The number of hydrogen-bond donors (Lipinski definition) is 2. The number of rotatable bonds is 9. The van der Waals surface area contributed by atoms with E-state index in [1.54, 1.807) is 6.20 Å². The summed E-state index contributed by atoms with van der Waals surface area (Å²) < 4.78 is 5.61. The van der Waals surface area contributed by atoms with Gasteiger partial charge in [0.15, 0.2) is 5.96 Å². The average molecular weight is 435 g/mol. The largest absolute Gasteiger partial charge is 0.476 e. The molecule has 0 radical (unpaired) electrons. The fourth-order valence-electron chi connectivity index (χ4n) is 1.68. The molecule has 0 saturated heterocycles. The Balaban J connectivity index is 0.00000484. The van der Waals surface area contributed by atoms with Crippen LogP contribution in [-0.2, 0) is 6.54 Å². The lowest BCUT2D eigenvalue weighted by Crippen LogP contribution is -2.32. The molecule has 6 nitrogen and oxygen atoms in total. The van der Waals surface area contributed by atoms with E-state index in [0.29, 0.717) is 30.9 Å². The number of aliphatic imine (C=N–C) groups is 1. The lowest BCUT2D eigenvalue weighted by molar-refractivity contribution is 0.253. The number of halogens is 1. The highest BCUT2D eigenvalue weighted by Crippen LogP contribution is 2.10. The molecule has 0 amide bonds. The van der Waals surface area contributed by atoms with Crippen molar-refractivity contribution >= 4 is 29.9 Å². The van der Waals surface area contributed by atoms with Crippen molar-refractivity contribution in [3.63, 3.8) is 0 Å². The van der Waals surface area contributed by atoms with Crippen LogP contribution in [0.5, 0.6) is 5.88 Å². The number of nitrogens with zero attached hydrogens (tertiary/aromatic N) is 3. The molecule has 1 aromatic heterocycles. The molecular weight excluding hydrogens is 405 g/mol. The number of aromatic nitrogens is 1. The van der Waals surface area contributed by atoms with Crippen LogP contribution >= 0.6 is 24.0 Å². The van der Waals surface area contributed by atoms with Gasteiger partial charge in [-0.3, -0.25) is 0 Å². The standard InChI is InChI=1S/C16H29N5O.HI/c1-13(2)5-7-19-16(17)20-12-14-6-8-18-15(11-14)22-10-9-21(3)4;/h6,8,11,13H,5,7,9-10,12H2,1-4H3,(H3,17,19,20);1H. The number of nitrogens with two attached hydrogens (primary N) is 1. The Morgan fingerprint density at radius 3 is 2.83 bits per heavy atom. The summed E-state index contributed by atoms with van der Waals surface area (Å²) in [5.74, 6) is 1.76. The molecule has 7 heteroatoms. The zero-order chi connectivity index (χ0) is 16.4. The minimum Gasteiger partial charge on any atom is -0.476 e. The van der Waals surface area contributed by atoms with Crippen LogP contribution in [0.25, 0.3) is 0 Å². The van der Waals surface area contributed by atoms with Crippen molar-refractivity contribution in [2.75, 3.05) is 33.8 Å². The number of guanidine groups is 1. The molecule has 0 aromatic carbocycles. The van der Waals surface area contributed by atoms with E-state index in [2.05, 4.69) is 34.0 Å². The number of ether oxygens (including phenoxy) is 1. The molecule has 0 saturated carbocycles. The molecule has 132 valence electrons. The maximum absolute atomic E-state index is 5.85. The molecule has 0 aliphatic carbocycles. The second-order valence-electron chi connectivity index (χ2n) is 5.96. The van der Waals surface area contributed by atoms with Crippen LogP contribution in [-0.4, -0.2) is 49.6 Å². The highest BCUT2D eigenvalue weighted by molar-refractivity contribution is 14.0. The van der Waals surface area contributed by atoms with Crippen LogP contribution in [0.3, 0.4) is 0 Å². The quantitative estimate of drug-likeness (QED) is 0.353. The summed E-state index contributed by atoms with van der Waals surface area (Å²) in [7, 11) is 4.02. The highest BCUT2D eigenvalue weighted by atomic mass is 127. The smallest absolute Gasteiger partial charge is 0.213 e. The first kappa shape index (κ1) is 21.9. The predicted molar refractivity (Wildman–Crippen MR) is 106 cm³/mol. The molecule has 0 atom stereocenters. The van der Waals surface area contributed by atoms with Crippen molar-refractivity contribution in [1.29, 1.82) is 0 Å². The van der Waals surface area contributed by atoms with Gasteiger partial charge in [-0.25, -0.2) is 9.98 Å². The van der Waals surface area contributed by atoms with Gasteiger partial charge < -0.3 is 20.7 Å². The second-order valence-corrected chi connectivity index (χ2v) is 5.96. The van der Waals surface area contributed by atoms with Crippen molar-refractivity contribution in [2.45, 2.75) is 26.8 Å². The highest BCUT2D eigenvalue weighted by Gasteiger charge is 2.00. The zero-order valence-electron chi connectivity index (χ0n) is 14.6. The Morgan fingerprint density at radius 1 is 1.43 bits per heavy atom. The third-order valence-corrected chi connectivity index (χ3v) is 3.05. The molecule has 1 aromatic rings. The lowest BCUT2D eigenvalue weighted by Gasteiger charge is -2.11. The summed E-state index contributed by atoms with van der Waals surface area (Å²) in [4.78, 5) is 10.6. The van der Waals surface area contributed by atoms with E-state index in [9.17, 15) is 0 Å². The van der Waals surface area contributed by atoms with E-state index in [-0.39, 0.29) is 24.0 Å². The number of likely N-dealkylation sites (N-methyl/N-ethyl adjacent to an activating group) is 1. The van der Waals surface area contributed by atoms with Gasteiger partial charge in [0.2, 0.25) is 5.88 Å². The van der Waals surface area contributed by atoms with Crippen LogP contribution in [0.15, 0.2) is 23.3 Å². The predicted octanol–water partition coefficient (Wildman–Crippen LogP) is 2.09. The maximum atomic E-state index is 5.85. The molecule has 0 fully saturated rings. The normalized spacial score (nSPS) is 11.5. The zero-order valence-corrected chi connectivity index (χ0v) is 16.9. The summed E-state index contributed by atoms with van der Waals surface area (Å²) in [5, 5.41) is 3.12. The van der Waals surface area contributed by atoms with Crippen molar-refractivity contribution < 1.29 is 4.74 Å². The van der Waals surface area contributed by atoms with Crippen LogP contribution in [0.2, 0.25) is 0 Å². The first-order valence-electron chi connectivity index (χ1n) is 7.73. The Labute approximate surface area is 156 Å². The van der Waals surface area contributed by atoms with Crippen molar-refractivity contribution in [1.82, 2.24) is 15.2 Å². The van der Waals surface area contributed by atoms with Crippen LogP contribution in [0.1, 0.15) is 25.8 Å². The first-order chi connectivity index (χ1) is 10.5. The second kappa shape index (κ2) is 12.3. The van der Waals surface area contributed by atoms with Gasteiger partial charge in [0.1, 0.15) is 6.61 Å². The van der Waals surface area contributed by atoms with E-state index >= 15 is 0 Å². The van der Waals surface area contributed by atoms with Crippen molar-refractivity contribution in [3.05, 3.63) is 23.9 Å². The maximum Gasteiger partial charge on any atom is 0.213 e. The molecule has 3 N–H and O–H groups in total. The van der Waals surface area contributed by atoms with Crippen LogP contribution < -0.4 is 15.8 Å². The van der Waals surface area contributed by atoms with Gasteiger partial charge in [0.05, 0.1) is 6.54 Å². The average Bonchev–Trinajstić information content (AvgIpc) is 2.45. The summed E-state index contributed by atoms with van der Waals surface area (Å²) in [6.45, 7) is 7.21. The van der Waals surface area contributed by atoms with Crippen LogP contribution in [0.4, 0.5) is 0 Å². The van der Waals surface area contributed by atoms with Gasteiger partial charge in [0, 0.05) is 25.4 Å². The molecule has 0 bridgehead atoms. The lowest BCUT2D eigenvalue weighted by atomic mass is 10.1. The van der Waals surface area contributed by atoms with Crippen molar-refractivity contribution in [2.24, 2.45) is 16.6 Å². The summed E-state index contributed by atoms with van der Waals surface area (Å²) in [6, 6.07) is 3.82. The minimum absolute atomic E-state index is 0. The molecule has 1 rings (SSSR count). The third kappa shape index (κ3) is 11.1. The fraction of sp³-hybridized carbons (Fsp3) is 0.625. The Bertz CT molecular complexity index is 466. The number of hydrogen-bond acceptors (Lipinski definition) is 4. The van der Waals surface area contributed by atoms with Crippen LogP contribution in [0, 0.1) is 5.92 Å². The van der Waals surface area contributed by atoms with E-state index < -0.39 is 0 Å². The minimum atomic E-state index is 0. The number of nitrogens with one attached hydrogen (secondary N) is 1. The summed E-state index contributed by atoms with van der Waals surface area (Å²) in [6.07, 6.45) is 2.81. The van der Waals surface area contributed by atoms with E-state index in [4.69, 9.17) is 10.5 Å². The topological polar surface area (TPSA) is 75.8 Å². The van der Waals surface area contributed by atoms with E-state index in [1.165, 1.54) is 0 Å². The van der Waals surface area contributed by atoms with Gasteiger partial charge in [-0.05, 0) is 38.1 Å². The van der Waals surface area contributed by atoms with E-state index in [1.807, 2.05) is 26.2 Å². The molecule has 23 heavy (non-hydrogen) atoms. The van der Waals surface area contributed by atoms with E-state index in [0.717, 1.165) is 25.1 Å². The van der Waals surface area contributed by atoms with Crippen molar-refractivity contribution in [3.8, 4) is 5.88 Å². The van der Waals surface area contributed by atoms with Gasteiger partial charge in [-0.15, -0.1) is 24.0 Å². The number of pyridine rings is 1. The van der Waals surface area contributed by atoms with Gasteiger partial charge in [-0.1, -0.05) is 13.8 Å². The fourth-order valence-corrected chi connectivity index (χ4v) is 1.68. The molecule has 0 aliphatic heterocycles. The molecule has 0 aliphatic rings. The Hall–Kier alpha value is -1.09. The third-order valence-electron chi connectivity index (χ3n) is 3.05. The Kier molecular flexibility index (Phi) is 11.8. The SMILES string of the molecule is CC(C)CCNC(N)=NCc1ccnc(OCCN(C)C)c1.I. The first-order valence-corrected chi connectivity index (χ1v) is 7.73. The summed E-state index contributed by atoms with van der Waals surface area (Å²) in [5.41, 5.74) is 6.88. The van der Waals surface area contributed by atoms with Gasteiger partial charge in [0.25, 0.3) is 0 Å². The molecule has 0 spiro atoms. The summed E-state index contributed by atoms with van der Waals surface area (Å²) >= 11 is 0. The molecule has 1 heterocycles. The molecular formula is C16H30IN5O. The van der Waals surface area contributed by atoms with Gasteiger partial charge in [-0.2, -0.15) is 0 Å². The molecule has 0 unspecified atom stereocenters. The Morgan fingerprint density at radius 2 is 2.17 bits per heavy atom. The van der Waals surface area contributed by atoms with Gasteiger partial charge >= 0.3 is 0 Å². The monoisotopic (exact) mass is 435 g/mol.